The lowest BCUT2D eigenvalue weighted by atomic mass is 9.76. The molecular formula is C22H30O2. The Bertz CT molecular complexity index is 544. The summed E-state index contributed by atoms with van der Waals surface area (Å²) < 4.78 is 0. The summed E-state index contributed by atoms with van der Waals surface area (Å²) in [6.07, 6.45) is 12.2. The molecule has 2 saturated carbocycles. The van der Waals surface area contributed by atoms with Gasteiger partial charge in [0.2, 0.25) is 0 Å². The van der Waals surface area contributed by atoms with Crippen LogP contribution in [-0.4, -0.2) is 11.1 Å². The Labute approximate surface area is 146 Å². The Morgan fingerprint density at radius 2 is 1.38 bits per heavy atom. The van der Waals surface area contributed by atoms with Crippen molar-refractivity contribution in [1.29, 1.82) is 0 Å². The third kappa shape index (κ3) is 4.09. The largest absolute Gasteiger partial charge is 0.481 e. The number of rotatable bonds is 5. The third-order valence-corrected chi connectivity index (χ3v) is 6.30. The molecule has 0 aromatic heterocycles. The fourth-order valence-corrected chi connectivity index (χ4v) is 4.68. The van der Waals surface area contributed by atoms with Crippen LogP contribution in [0.15, 0.2) is 36.9 Å². The molecule has 24 heavy (non-hydrogen) atoms. The molecule has 2 fully saturated rings. The maximum Gasteiger partial charge on any atom is 0.306 e. The smallest absolute Gasteiger partial charge is 0.306 e. The molecule has 0 spiro atoms. The number of carbonyl (C=O) groups is 1. The van der Waals surface area contributed by atoms with Crippen LogP contribution >= 0.6 is 0 Å². The van der Waals surface area contributed by atoms with Crippen LogP contribution in [0, 0.1) is 11.8 Å². The second-order valence-electron chi connectivity index (χ2n) is 7.80. The number of hydrogen-bond donors (Lipinski definition) is 1. The van der Waals surface area contributed by atoms with Crippen LogP contribution in [0.1, 0.15) is 80.8 Å². The summed E-state index contributed by atoms with van der Waals surface area (Å²) in [5.74, 6) is 1.39. The van der Waals surface area contributed by atoms with E-state index in [4.69, 9.17) is 5.11 Å². The second-order valence-corrected chi connectivity index (χ2v) is 7.80. The van der Waals surface area contributed by atoms with Crippen molar-refractivity contribution in [3.63, 3.8) is 0 Å². The van der Waals surface area contributed by atoms with Gasteiger partial charge >= 0.3 is 5.97 Å². The molecular weight excluding hydrogens is 296 g/mol. The van der Waals surface area contributed by atoms with E-state index in [1.807, 2.05) is 0 Å². The van der Waals surface area contributed by atoms with Crippen molar-refractivity contribution >= 4 is 5.97 Å². The third-order valence-electron chi connectivity index (χ3n) is 6.30. The molecule has 0 heterocycles. The minimum absolute atomic E-state index is 0.119. The van der Waals surface area contributed by atoms with Gasteiger partial charge in [-0.25, -0.2) is 0 Å². The molecule has 3 rings (SSSR count). The van der Waals surface area contributed by atoms with Gasteiger partial charge in [-0.15, -0.1) is 6.58 Å². The van der Waals surface area contributed by atoms with Gasteiger partial charge in [-0.05, 0) is 86.7 Å². The molecule has 1 aromatic carbocycles. The number of allylic oxidation sites excluding steroid dienone is 1. The highest BCUT2D eigenvalue weighted by molar-refractivity contribution is 5.70. The van der Waals surface area contributed by atoms with E-state index < -0.39 is 5.97 Å². The first kappa shape index (κ1) is 17.3. The normalized spacial score (nSPS) is 30.7. The van der Waals surface area contributed by atoms with Crippen LogP contribution in [0.3, 0.4) is 0 Å². The first-order valence-corrected chi connectivity index (χ1v) is 9.61. The zero-order chi connectivity index (χ0) is 16.9. The van der Waals surface area contributed by atoms with E-state index in [1.54, 1.807) is 0 Å². The lowest BCUT2D eigenvalue weighted by Gasteiger charge is -2.29. The topological polar surface area (TPSA) is 37.3 Å². The SMILES string of the molecule is C=CC[C@H]1CC[C@H](c2ccc([C@H]3CC[C@H](C(=O)O)CC3)cc2)CC1. The minimum atomic E-state index is -0.615. The van der Waals surface area contributed by atoms with Crippen molar-refractivity contribution in [3.05, 3.63) is 48.0 Å². The van der Waals surface area contributed by atoms with Gasteiger partial charge in [0.05, 0.1) is 5.92 Å². The van der Waals surface area contributed by atoms with Crippen molar-refractivity contribution < 1.29 is 9.90 Å². The quantitative estimate of drug-likeness (QED) is 0.684. The fourth-order valence-electron chi connectivity index (χ4n) is 4.68. The predicted molar refractivity (Wildman–Crippen MR) is 98.3 cm³/mol. The molecule has 0 saturated heterocycles. The highest BCUT2D eigenvalue weighted by Gasteiger charge is 2.27. The van der Waals surface area contributed by atoms with E-state index in [-0.39, 0.29) is 5.92 Å². The monoisotopic (exact) mass is 326 g/mol. The molecule has 0 atom stereocenters. The van der Waals surface area contributed by atoms with Gasteiger partial charge in [0.25, 0.3) is 0 Å². The Morgan fingerprint density at radius 1 is 0.917 bits per heavy atom. The summed E-state index contributed by atoms with van der Waals surface area (Å²) in [6, 6.07) is 9.27. The molecule has 0 amide bonds. The van der Waals surface area contributed by atoms with Gasteiger partial charge in [-0.1, -0.05) is 30.3 Å². The van der Waals surface area contributed by atoms with Crippen molar-refractivity contribution in [2.75, 3.05) is 0 Å². The summed E-state index contributed by atoms with van der Waals surface area (Å²) in [6.45, 7) is 3.87. The van der Waals surface area contributed by atoms with Crippen LogP contribution in [0.2, 0.25) is 0 Å². The molecule has 2 aliphatic carbocycles. The Morgan fingerprint density at radius 3 is 1.79 bits per heavy atom. The second kappa shape index (κ2) is 8.00. The summed E-state index contributed by atoms with van der Waals surface area (Å²) in [7, 11) is 0. The summed E-state index contributed by atoms with van der Waals surface area (Å²) >= 11 is 0. The lowest BCUT2D eigenvalue weighted by Crippen LogP contribution is -2.20. The Balaban J connectivity index is 1.54. The first-order chi connectivity index (χ1) is 11.7. The summed E-state index contributed by atoms with van der Waals surface area (Å²) in [5, 5.41) is 9.12. The molecule has 1 aromatic rings. The van der Waals surface area contributed by atoms with Crippen LogP contribution in [0.5, 0.6) is 0 Å². The Hall–Kier alpha value is -1.57. The van der Waals surface area contributed by atoms with E-state index in [9.17, 15) is 4.79 Å². The molecule has 2 aliphatic rings. The van der Waals surface area contributed by atoms with Crippen molar-refractivity contribution in [3.8, 4) is 0 Å². The molecule has 0 aliphatic heterocycles. The van der Waals surface area contributed by atoms with Crippen LogP contribution < -0.4 is 0 Å². The molecule has 2 nitrogen and oxygen atoms in total. The van der Waals surface area contributed by atoms with E-state index in [0.29, 0.717) is 5.92 Å². The van der Waals surface area contributed by atoms with Gasteiger partial charge in [0.15, 0.2) is 0 Å². The van der Waals surface area contributed by atoms with Crippen LogP contribution in [0.25, 0.3) is 0 Å². The summed E-state index contributed by atoms with van der Waals surface area (Å²) in [5.41, 5.74) is 2.90. The molecule has 0 bridgehead atoms. The van der Waals surface area contributed by atoms with Crippen molar-refractivity contribution in [1.82, 2.24) is 0 Å². The zero-order valence-electron chi connectivity index (χ0n) is 14.6. The molecule has 0 unspecified atom stereocenters. The van der Waals surface area contributed by atoms with Gasteiger partial charge in [-0.3, -0.25) is 4.79 Å². The van der Waals surface area contributed by atoms with Crippen molar-refractivity contribution in [2.24, 2.45) is 11.8 Å². The van der Waals surface area contributed by atoms with Crippen molar-refractivity contribution in [2.45, 2.75) is 69.6 Å². The maximum absolute atomic E-state index is 11.1. The number of benzene rings is 1. The highest BCUT2D eigenvalue weighted by Crippen LogP contribution is 2.39. The lowest BCUT2D eigenvalue weighted by molar-refractivity contribution is -0.142. The van der Waals surface area contributed by atoms with Gasteiger partial charge in [0, 0.05) is 0 Å². The van der Waals surface area contributed by atoms with Crippen LogP contribution in [-0.2, 0) is 4.79 Å². The minimum Gasteiger partial charge on any atom is -0.481 e. The van der Waals surface area contributed by atoms with Gasteiger partial charge in [0.1, 0.15) is 0 Å². The fraction of sp³-hybridized carbons (Fsp3) is 0.591. The van der Waals surface area contributed by atoms with Gasteiger partial charge in [-0.2, -0.15) is 0 Å². The number of aliphatic carboxylic acids is 1. The van der Waals surface area contributed by atoms with E-state index in [0.717, 1.165) is 37.5 Å². The van der Waals surface area contributed by atoms with Gasteiger partial charge < -0.3 is 5.11 Å². The van der Waals surface area contributed by atoms with E-state index in [2.05, 4.69) is 36.9 Å². The standard InChI is InChI=1S/C22H30O2/c1-2-3-16-4-6-17(7-5-16)18-8-10-19(11-9-18)20-12-14-21(15-13-20)22(23)24/h2,8-11,16-17,20-21H,1,3-7,12-15H2,(H,23,24)/t16-,17-,20-,21-. The Kier molecular flexibility index (Phi) is 5.76. The zero-order valence-corrected chi connectivity index (χ0v) is 14.6. The van der Waals surface area contributed by atoms with E-state index >= 15 is 0 Å². The van der Waals surface area contributed by atoms with Crippen LogP contribution in [0.4, 0.5) is 0 Å². The molecule has 0 radical (unpaired) electrons. The molecule has 1 N–H and O–H groups in total. The van der Waals surface area contributed by atoms with E-state index in [1.165, 1.54) is 43.2 Å². The predicted octanol–water partition coefficient (Wildman–Crippen LogP) is 5.89. The summed E-state index contributed by atoms with van der Waals surface area (Å²) in [4.78, 5) is 11.1. The highest BCUT2D eigenvalue weighted by atomic mass is 16.4. The number of hydrogen-bond acceptors (Lipinski definition) is 1. The number of carboxylic acid groups (broad SMARTS) is 1. The maximum atomic E-state index is 11.1. The average molecular weight is 326 g/mol. The molecule has 130 valence electrons. The average Bonchev–Trinajstić information content (AvgIpc) is 2.63. The molecule has 2 heteroatoms. The first-order valence-electron chi connectivity index (χ1n) is 9.61. The number of carboxylic acids is 1.